The Kier molecular flexibility index (Phi) is 6.18. The average Bonchev–Trinajstić information content (AvgIpc) is 1.99. The van der Waals surface area contributed by atoms with E-state index >= 15 is 0 Å². The molecule has 0 amide bonds. The van der Waals surface area contributed by atoms with Gasteiger partial charge in [-0.25, -0.2) is 4.39 Å². The van der Waals surface area contributed by atoms with Gasteiger partial charge in [-0.15, -0.1) is 0 Å². The molecule has 0 aliphatic carbocycles. The van der Waals surface area contributed by atoms with Crippen LogP contribution in [0.25, 0.3) is 0 Å². The molecule has 0 aromatic rings. The van der Waals surface area contributed by atoms with E-state index in [0.29, 0.717) is 6.42 Å². The van der Waals surface area contributed by atoms with Crippen molar-refractivity contribution in [2.45, 2.75) is 31.6 Å². The van der Waals surface area contributed by atoms with Crippen LogP contribution in [0.15, 0.2) is 0 Å². The Morgan fingerprint density at radius 2 is 1.53 bits per heavy atom. The number of hydrogen-bond acceptors (Lipinski definition) is 2. The Morgan fingerprint density at radius 1 is 1.00 bits per heavy atom. The second-order valence-electron chi connectivity index (χ2n) is 3.26. The van der Waals surface area contributed by atoms with Crippen LogP contribution in [0.2, 0.25) is 0 Å². The molecule has 9 heteroatoms. The van der Waals surface area contributed by atoms with Gasteiger partial charge in [0.05, 0.1) is 0 Å². The minimum absolute atomic E-state index is 0.201. The SMILES string of the molecule is O=P(O)(O)CCCCCC(F)P(=O)(O)O. The highest BCUT2D eigenvalue weighted by Crippen LogP contribution is 2.44. The Bertz CT molecular complexity index is 271. The third-order valence-corrected chi connectivity index (χ3v) is 3.64. The van der Waals surface area contributed by atoms with Gasteiger partial charge in [-0.2, -0.15) is 0 Å². The van der Waals surface area contributed by atoms with Crippen molar-refractivity contribution in [3.05, 3.63) is 0 Å². The third kappa shape index (κ3) is 9.18. The monoisotopic (exact) mass is 264 g/mol. The van der Waals surface area contributed by atoms with Crippen molar-refractivity contribution < 1.29 is 33.1 Å². The van der Waals surface area contributed by atoms with E-state index in [0.717, 1.165) is 0 Å². The molecule has 0 aliphatic rings. The Morgan fingerprint density at radius 3 is 1.93 bits per heavy atom. The first kappa shape index (κ1) is 15.2. The minimum atomic E-state index is -4.66. The van der Waals surface area contributed by atoms with E-state index in [1.165, 1.54) is 0 Å². The van der Waals surface area contributed by atoms with E-state index < -0.39 is 21.1 Å². The lowest BCUT2D eigenvalue weighted by Gasteiger charge is -2.09. The van der Waals surface area contributed by atoms with Gasteiger partial charge in [0.15, 0.2) is 0 Å². The summed E-state index contributed by atoms with van der Waals surface area (Å²) in [6.07, 6.45) is 0.196. The van der Waals surface area contributed by atoms with Crippen LogP contribution in [-0.4, -0.2) is 31.6 Å². The number of halogens is 1. The first-order chi connectivity index (χ1) is 6.63. The quantitative estimate of drug-likeness (QED) is 0.405. The van der Waals surface area contributed by atoms with Crippen LogP contribution in [0.1, 0.15) is 25.7 Å². The molecule has 92 valence electrons. The Labute approximate surface area is 86.8 Å². The standard InChI is InChI=1S/C6H15FO6P2/c7-6(15(11,12)13)4-2-1-3-5-14(8,9)10/h6H,1-5H2,(H2,8,9,10)(H2,11,12,13). The molecule has 0 heterocycles. The highest BCUT2D eigenvalue weighted by Gasteiger charge is 2.27. The first-order valence-corrected chi connectivity index (χ1v) is 7.85. The summed E-state index contributed by atoms with van der Waals surface area (Å²) in [5.41, 5.74) is 0. The van der Waals surface area contributed by atoms with E-state index in [2.05, 4.69) is 0 Å². The summed E-state index contributed by atoms with van der Waals surface area (Å²) in [5.74, 6) is -2.17. The van der Waals surface area contributed by atoms with E-state index in [-0.39, 0.29) is 25.4 Å². The van der Waals surface area contributed by atoms with Gasteiger partial charge in [-0.1, -0.05) is 6.42 Å². The summed E-state index contributed by atoms with van der Waals surface area (Å²) in [6, 6.07) is 0. The lowest BCUT2D eigenvalue weighted by molar-refractivity contribution is 0.287. The maximum atomic E-state index is 12.7. The second-order valence-corrected chi connectivity index (χ2v) is 6.78. The van der Waals surface area contributed by atoms with E-state index in [9.17, 15) is 13.5 Å². The van der Waals surface area contributed by atoms with Gasteiger partial charge in [0, 0.05) is 6.16 Å². The molecule has 0 fully saturated rings. The largest absolute Gasteiger partial charge is 0.359 e. The molecule has 0 radical (unpaired) electrons. The topological polar surface area (TPSA) is 115 Å². The van der Waals surface area contributed by atoms with E-state index in [1.54, 1.807) is 0 Å². The Balaban J connectivity index is 3.56. The van der Waals surface area contributed by atoms with Crippen LogP contribution in [-0.2, 0) is 9.13 Å². The van der Waals surface area contributed by atoms with Crippen LogP contribution in [0.5, 0.6) is 0 Å². The fourth-order valence-corrected chi connectivity index (χ4v) is 2.13. The summed E-state index contributed by atoms with van der Waals surface area (Å²) in [5, 5.41) is 0. The molecule has 0 saturated heterocycles. The van der Waals surface area contributed by atoms with Crippen molar-refractivity contribution in [1.29, 1.82) is 0 Å². The normalized spacial score (nSPS) is 15.3. The van der Waals surface area contributed by atoms with Gasteiger partial charge < -0.3 is 19.6 Å². The molecule has 15 heavy (non-hydrogen) atoms. The fourth-order valence-electron chi connectivity index (χ4n) is 0.976. The average molecular weight is 264 g/mol. The number of alkyl halides is 1. The molecule has 0 aliphatic heterocycles. The van der Waals surface area contributed by atoms with Crippen molar-refractivity contribution in [2.75, 3.05) is 6.16 Å². The first-order valence-electron chi connectivity index (χ1n) is 4.37. The molecule has 1 unspecified atom stereocenters. The van der Waals surface area contributed by atoms with Crippen molar-refractivity contribution >= 4 is 15.2 Å². The third-order valence-electron chi connectivity index (χ3n) is 1.76. The number of hydrogen-bond donors (Lipinski definition) is 4. The molecule has 0 aromatic heterocycles. The number of unbranched alkanes of at least 4 members (excludes halogenated alkanes) is 2. The van der Waals surface area contributed by atoms with Crippen molar-refractivity contribution in [3.63, 3.8) is 0 Å². The molecular formula is C6H15FO6P2. The molecule has 0 rings (SSSR count). The van der Waals surface area contributed by atoms with Crippen LogP contribution in [0.3, 0.4) is 0 Å². The predicted octanol–water partition coefficient (Wildman–Crippen LogP) is 1.20. The molecule has 0 saturated carbocycles. The van der Waals surface area contributed by atoms with Crippen LogP contribution in [0.4, 0.5) is 4.39 Å². The number of rotatable bonds is 7. The van der Waals surface area contributed by atoms with E-state index in [1.807, 2.05) is 0 Å². The van der Waals surface area contributed by atoms with Crippen LogP contribution >= 0.6 is 15.2 Å². The molecule has 0 bridgehead atoms. The summed E-state index contributed by atoms with van der Waals surface area (Å²) in [6.45, 7) is 0. The minimum Gasteiger partial charge on any atom is -0.324 e. The maximum Gasteiger partial charge on any atom is 0.359 e. The zero-order valence-electron chi connectivity index (χ0n) is 7.99. The maximum absolute atomic E-state index is 12.7. The summed E-state index contributed by atoms with van der Waals surface area (Å²) in [4.78, 5) is 33.7. The van der Waals surface area contributed by atoms with Gasteiger partial charge in [0.25, 0.3) is 0 Å². The lowest BCUT2D eigenvalue weighted by atomic mass is 10.2. The fraction of sp³-hybridized carbons (Fsp3) is 1.00. The summed E-state index contributed by atoms with van der Waals surface area (Å²) in [7, 11) is -8.67. The highest BCUT2D eigenvalue weighted by atomic mass is 31.2. The zero-order valence-corrected chi connectivity index (χ0v) is 9.78. The molecule has 0 spiro atoms. The summed E-state index contributed by atoms with van der Waals surface area (Å²) < 4.78 is 33.4. The molecule has 1 atom stereocenters. The van der Waals surface area contributed by atoms with Crippen molar-refractivity contribution in [1.82, 2.24) is 0 Å². The van der Waals surface area contributed by atoms with Crippen molar-refractivity contribution in [2.24, 2.45) is 0 Å². The summed E-state index contributed by atoms with van der Waals surface area (Å²) >= 11 is 0. The van der Waals surface area contributed by atoms with Gasteiger partial charge in [0.2, 0.25) is 5.91 Å². The van der Waals surface area contributed by atoms with Gasteiger partial charge in [-0.3, -0.25) is 9.13 Å². The molecule has 6 nitrogen and oxygen atoms in total. The van der Waals surface area contributed by atoms with Gasteiger partial charge in [-0.05, 0) is 19.3 Å². The highest BCUT2D eigenvalue weighted by molar-refractivity contribution is 7.52. The smallest absolute Gasteiger partial charge is 0.324 e. The van der Waals surface area contributed by atoms with Gasteiger partial charge >= 0.3 is 15.2 Å². The second kappa shape index (κ2) is 6.09. The lowest BCUT2D eigenvalue weighted by Crippen LogP contribution is -2.01. The zero-order chi connectivity index (χ0) is 12.1. The Hall–Kier alpha value is 0.230. The van der Waals surface area contributed by atoms with Crippen LogP contribution < -0.4 is 0 Å². The molecule has 4 N–H and O–H groups in total. The van der Waals surface area contributed by atoms with Crippen LogP contribution in [0, 0.1) is 0 Å². The predicted molar refractivity (Wildman–Crippen MR) is 52.3 cm³/mol. The molecular weight excluding hydrogens is 249 g/mol. The molecule has 0 aromatic carbocycles. The van der Waals surface area contributed by atoms with Crippen molar-refractivity contribution in [3.8, 4) is 0 Å². The van der Waals surface area contributed by atoms with Gasteiger partial charge in [0.1, 0.15) is 0 Å². The van der Waals surface area contributed by atoms with E-state index in [4.69, 9.17) is 19.6 Å².